The third kappa shape index (κ3) is 8.61. The van der Waals surface area contributed by atoms with Crippen molar-refractivity contribution >= 4 is 46.4 Å². The van der Waals surface area contributed by atoms with Crippen molar-refractivity contribution in [3.63, 3.8) is 0 Å². The Morgan fingerprint density at radius 3 is 2.08 bits per heavy atom. The first kappa shape index (κ1) is 28.8. The number of carboxylic acid groups (broad SMARTS) is 1. The second kappa shape index (κ2) is 13.0. The van der Waals surface area contributed by atoms with Gasteiger partial charge in [-0.3, -0.25) is 24.0 Å². The number of amides is 5. The van der Waals surface area contributed by atoms with Crippen LogP contribution in [0.4, 0.5) is 0 Å². The number of primary amides is 2. The maximum absolute atomic E-state index is 13.2. The molecule has 0 bridgehead atoms. The van der Waals surface area contributed by atoms with Crippen LogP contribution in [-0.2, 0) is 35.2 Å². The van der Waals surface area contributed by atoms with E-state index in [4.69, 9.17) is 17.2 Å². The molecule has 1 heterocycles. The average molecular weight is 518 g/mol. The Morgan fingerprint density at radius 1 is 0.892 bits per heavy atom. The van der Waals surface area contributed by atoms with E-state index < -0.39 is 66.1 Å². The SMILES string of the molecule is CC(N)C(=O)NC(CC(N)=O)C(=O)NC(Cc1c[nH]c2ccccc12)C(=O)NC(CCC(N)=O)C(=O)O. The molecule has 0 spiro atoms. The summed E-state index contributed by atoms with van der Waals surface area (Å²) in [5.41, 5.74) is 17.2. The van der Waals surface area contributed by atoms with E-state index in [9.17, 15) is 33.9 Å². The van der Waals surface area contributed by atoms with Crippen LogP contribution in [0.5, 0.6) is 0 Å². The summed E-state index contributed by atoms with van der Waals surface area (Å²) in [5.74, 6) is -5.54. The quantitative estimate of drug-likeness (QED) is 0.135. The van der Waals surface area contributed by atoms with Gasteiger partial charge in [-0.1, -0.05) is 18.2 Å². The largest absolute Gasteiger partial charge is 0.480 e. The summed E-state index contributed by atoms with van der Waals surface area (Å²) in [7, 11) is 0. The number of fused-ring (bicyclic) bond motifs is 1. The highest BCUT2D eigenvalue weighted by atomic mass is 16.4. The Labute approximate surface area is 211 Å². The Balaban J connectivity index is 2.33. The van der Waals surface area contributed by atoms with E-state index in [1.54, 1.807) is 24.4 Å². The first-order valence-corrected chi connectivity index (χ1v) is 11.4. The molecule has 0 saturated heterocycles. The van der Waals surface area contributed by atoms with Gasteiger partial charge in [0.2, 0.25) is 29.5 Å². The minimum atomic E-state index is -1.46. The van der Waals surface area contributed by atoms with Crippen LogP contribution in [0.3, 0.4) is 0 Å². The van der Waals surface area contributed by atoms with Crippen molar-refractivity contribution in [1.82, 2.24) is 20.9 Å². The van der Waals surface area contributed by atoms with Gasteiger partial charge in [0.15, 0.2) is 0 Å². The van der Waals surface area contributed by atoms with Crippen LogP contribution in [0.25, 0.3) is 10.9 Å². The number of carboxylic acids is 1. The number of hydrogen-bond donors (Lipinski definition) is 8. The molecule has 11 N–H and O–H groups in total. The van der Waals surface area contributed by atoms with Gasteiger partial charge in [-0.15, -0.1) is 0 Å². The van der Waals surface area contributed by atoms with Gasteiger partial charge in [0.1, 0.15) is 18.1 Å². The summed E-state index contributed by atoms with van der Waals surface area (Å²) in [5, 5.41) is 17.3. The maximum Gasteiger partial charge on any atom is 0.326 e. The number of aromatic amines is 1. The van der Waals surface area contributed by atoms with Crippen molar-refractivity contribution < 1.29 is 33.9 Å². The Bertz CT molecular complexity index is 1180. The molecule has 37 heavy (non-hydrogen) atoms. The summed E-state index contributed by atoms with van der Waals surface area (Å²) in [6, 6.07) is 1.98. The highest BCUT2D eigenvalue weighted by Gasteiger charge is 2.31. The van der Waals surface area contributed by atoms with E-state index in [1.807, 2.05) is 6.07 Å². The zero-order chi connectivity index (χ0) is 27.7. The number of hydrogen-bond acceptors (Lipinski definition) is 7. The van der Waals surface area contributed by atoms with Crippen LogP contribution in [0.1, 0.15) is 31.7 Å². The molecule has 0 fully saturated rings. The van der Waals surface area contributed by atoms with Gasteiger partial charge in [0.05, 0.1) is 12.5 Å². The maximum atomic E-state index is 13.2. The number of aromatic nitrogens is 1. The van der Waals surface area contributed by atoms with E-state index in [2.05, 4.69) is 20.9 Å². The zero-order valence-corrected chi connectivity index (χ0v) is 20.2. The second-order valence-corrected chi connectivity index (χ2v) is 8.55. The van der Waals surface area contributed by atoms with E-state index in [1.165, 1.54) is 6.92 Å². The molecular weight excluding hydrogens is 486 g/mol. The molecule has 14 heteroatoms. The van der Waals surface area contributed by atoms with E-state index in [0.717, 1.165) is 10.9 Å². The van der Waals surface area contributed by atoms with Gasteiger partial charge < -0.3 is 43.2 Å². The Kier molecular flexibility index (Phi) is 10.1. The van der Waals surface area contributed by atoms with Gasteiger partial charge >= 0.3 is 5.97 Å². The molecule has 4 unspecified atom stereocenters. The van der Waals surface area contributed by atoms with Crippen molar-refractivity contribution in [2.75, 3.05) is 0 Å². The van der Waals surface area contributed by atoms with Crippen molar-refractivity contribution in [1.29, 1.82) is 0 Å². The number of carbonyl (C=O) groups excluding carboxylic acids is 5. The Morgan fingerprint density at radius 2 is 1.49 bits per heavy atom. The number of aliphatic carboxylic acids is 1. The number of H-pyrrole nitrogens is 1. The van der Waals surface area contributed by atoms with Gasteiger partial charge in [0.25, 0.3) is 0 Å². The highest BCUT2D eigenvalue weighted by Crippen LogP contribution is 2.19. The lowest BCUT2D eigenvalue weighted by Gasteiger charge is -2.24. The molecule has 2 rings (SSSR count). The van der Waals surface area contributed by atoms with Crippen LogP contribution in [0.15, 0.2) is 30.5 Å². The molecule has 0 radical (unpaired) electrons. The summed E-state index contributed by atoms with van der Waals surface area (Å²) >= 11 is 0. The number of nitrogens with one attached hydrogen (secondary N) is 4. The summed E-state index contributed by atoms with van der Waals surface area (Å²) in [6.07, 6.45) is 0.438. The van der Waals surface area contributed by atoms with Crippen LogP contribution >= 0.6 is 0 Å². The van der Waals surface area contributed by atoms with E-state index in [-0.39, 0.29) is 19.3 Å². The van der Waals surface area contributed by atoms with Gasteiger partial charge in [-0.25, -0.2) is 4.79 Å². The number of para-hydroxylation sites is 1. The summed E-state index contributed by atoms with van der Waals surface area (Å²) in [4.78, 5) is 75.5. The van der Waals surface area contributed by atoms with Crippen LogP contribution in [0, 0.1) is 0 Å². The standard InChI is InChI=1S/C23H31N7O7/c1-11(24)20(33)29-17(9-19(26)32)22(35)30-16(8-12-10-27-14-5-3-2-4-13(12)14)21(34)28-15(23(36)37)6-7-18(25)31/h2-5,10-11,15-17,27H,6-9,24H2,1H3,(H2,25,31)(H2,26,32)(H,28,34)(H,29,33)(H,30,35)(H,36,37). The molecular formula is C23H31N7O7. The van der Waals surface area contributed by atoms with Gasteiger partial charge in [-0.05, 0) is 25.0 Å². The molecule has 0 saturated carbocycles. The topological polar surface area (TPSA) is 253 Å². The second-order valence-electron chi connectivity index (χ2n) is 8.55. The lowest BCUT2D eigenvalue weighted by molar-refractivity contribution is -0.142. The smallest absolute Gasteiger partial charge is 0.326 e. The van der Waals surface area contributed by atoms with Crippen molar-refractivity contribution in [3.05, 3.63) is 36.0 Å². The summed E-state index contributed by atoms with van der Waals surface area (Å²) < 4.78 is 0. The van der Waals surface area contributed by atoms with Crippen LogP contribution in [0.2, 0.25) is 0 Å². The van der Waals surface area contributed by atoms with Crippen LogP contribution < -0.4 is 33.2 Å². The molecule has 2 aromatic rings. The molecule has 14 nitrogen and oxygen atoms in total. The van der Waals surface area contributed by atoms with Crippen molar-refractivity contribution in [2.45, 2.75) is 56.8 Å². The Hall–Kier alpha value is -4.46. The fourth-order valence-electron chi connectivity index (χ4n) is 3.53. The normalized spacial score (nSPS) is 14.1. The third-order valence-electron chi connectivity index (χ3n) is 5.48. The van der Waals surface area contributed by atoms with Crippen molar-refractivity contribution in [3.8, 4) is 0 Å². The molecule has 1 aromatic heterocycles. The molecule has 0 aliphatic heterocycles. The number of nitrogens with two attached hydrogens (primary N) is 3. The monoisotopic (exact) mass is 517 g/mol. The fraction of sp³-hybridized carbons (Fsp3) is 0.391. The number of benzene rings is 1. The first-order chi connectivity index (χ1) is 17.4. The van der Waals surface area contributed by atoms with Crippen molar-refractivity contribution in [2.24, 2.45) is 17.2 Å². The lowest BCUT2D eigenvalue weighted by Crippen LogP contribution is -2.58. The van der Waals surface area contributed by atoms with Gasteiger partial charge in [0, 0.05) is 29.9 Å². The van der Waals surface area contributed by atoms with E-state index >= 15 is 0 Å². The summed E-state index contributed by atoms with van der Waals surface area (Å²) in [6.45, 7) is 1.37. The molecule has 5 amide bonds. The first-order valence-electron chi connectivity index (χ1n) is 11.4. The average Bonchev–Trinajstić information content (AvgIpc) is 3.22. The third-order valence-corrected chi connectivity index (χ3v) is 5.48. The molecule has 200 valence electrons. The highest BCUT2D eigenvalue weighted by molar-refractivity contribution is 5.96. The minimum absolute atomic E-state index is 0.0751. The van der Waals surface area contributed by atoms with Crippen LogP contribution in [-0.4, -0.2) is 69.8 Å². The molecule has 1 aromatic carbocycles. The lowest BCUT2D eigenvalue weighted by atomic mass is 10.0. The molecule has 0 aliphatic carbocycles. The van der Waals surface area contributed by atoms with Gasteiger partial charge in [-0.2, -0.15) is 0 Å². The molecule has 0 aliphatic rings. The fourth-order valence-corrected chi connectivity index (χ4v) is 3.53. The van der Waals surface area contributed by atoms with E-state index in [0.29, 0.717) is 5.56 Å². The predicted molar refractivity (Wildman–Crippen MR) is 131 cm³/mol. The zero-order valence-electron chi connectivity index (χ0n) is 20.2. The number of carbonyl (C=O) groups is 6. The number of rotatable bonds is 14. The molecule has 4 atom stereocenters. The predicted octanol–water partition coefficient (Wildman–Crippen LogP) is -2.26. The minimum Gasteiger partial charge on any atom is -0.480 e.